The zero-order valence-electron chi connectivity index (χ0n) is 11.8. The van der Waals surface area contributed by atoms with Crippen LogP contribution in [0.4, 0.5) is 0 Å². The van der Waals surface area contributed by atoms with Crippen molar-refractivity contribution in [1.29, 1.82) is 0 Å². The van der Waals surface area contributed by atoms with Crippen molar-refractivity contribution < 1.29 is 4.74 Å². The quantitative estimate of drug-likeness (QED) is 0.900. The number of benzene rings is 1. The van der Waals surface area contributed by atoms with E-state index < -0.39 is 0 Å². The lowest BCUT2D eigenvalue weighted by molar-refractivity contribution is 0.126. The summed E-state index contributed by atoms with van der Waals surface area (Å²) in [4.78, 5) is 0. The van der Waals surface area contributed by atoms with Gasteiger partial charge in [0.2, 0.25) is 0 Å². The molecule has 2 aliphatic rings. The maximum absolute atomic E-state index is 5.59. The highest BCUT2D eigenvalue weighted by molar-refractivity contribution is 5.40. The Labute approximate surface area is 115 Å². The first kappa shape index (κ1) is 12.9. The first-order chi connectivity index (χ1) is 9.36. The van der Waals surface area contributed by atoms with Crippen LogP contribution in [0.15, 0.2) is 18.2 Å². The molecule has 0 aliphatic carbocycles. The number of nitrogens with one attached hydrogen (secondary N) is 1. The fourth-order valence-electron chi connectivity index (χ4n) is 3.07. The summed E-state index contributed by atoms with van der Waals surface area (Å²) in [6, 6.07) is 7.12. The maximum Gasteiger partial charge on any atom is 0.122 e. The van der Waals surface area contributed by atoms with Crippen molar-refractivity contribution in [1.82, 2.24) is 10.4 Å². The number of fused-ring (bicyclic) bond motifs is 1. The molecule has 1 aromatic carbocycles. The minimum atomic E-state index is 0.434. The van der Waals surface area contributed by atoms with Crippen LogP contribution in [0.5, 0.6) is 5.75 Å². The molecule has 1 N–H and O–H groups in total. The van der Waals surface area contributed by atoms with E-state index in [1.807, 2.05) is 0 Å². The van der Waals surface area contributed by atoms with Crippen LogP contribution in [0, 0.1) is 0 Å². The molecule has 0 saturated carbocycles. The van der Waals surface area contributed by atoms with Gasteiger partial charge >= 0.3 is 0 Å². The Balaban J connectivity index is 1.70. The molecule has 0 bridgehead atoms. The van der Waals surface area contributed by atoms with E-state index in [0.717, 1.165) is 25.2 Å². The van der Waals surface area contributed by atoms with Gasteiger partial charge in [-0.15, -0.1) is 0 Å². The fourth-order valence-corrected chi connectivity index (χ4v) is 3.07. The third-order valence-corrected chi connectivity index (χ3v) is 4.22. The Morgan fingerprint density at radius 3 is 2.89 bits per heavy atom. The van der Waals surface area contributed by atoms with Gasteiger partial charge in [0.1, 0.15) is 5.75 Å². The first-order valence-corrected chi connectivity index (χ1v) is 7.63. The Hall–Kier alpha value is -1.06. The highest BCUT2D eigenvalue weighted by Crippen LogP contribution is 2.29. The lowest BCUT2D eigenvalue weighted by Gasteiger charge is -2.31. The van der Waals surface area contributed by atoms with Gasteiger partial charge in [-0.3, -0.25) is 0 Å². The lowest BCUT2D eigenvalue weighted by atomic mass is 10.0. The van der Waals surface area contributed by atoms with Crippen molar-refractivity contribution >= 4 is 0 Å². The zero-order chi connectivity index (χ0) is 13.1. The third-order valence-electron chi connectivity index (χ3n) is 4.22. The average molecular weight is 260 g/mol. The van der Waals surface area contributed by atoms with E-state index >= 15 is 0 Å². The molecule has 3 heteroatoms. The van der Waals surface area contributed by atoms with E-state index in [2.05, 4.69) is 35.6 Å². The number of hydrazine groups is 1. The van der Waals surface area contributed by atoms with Crippen molar-refractivity contribution in [3.8, 4) is 5.75 Å². The van der Waals surface area contributed by atoms with Gasteiger partial charge in [0.15, 0.2) is 0 Å². The van der Waals surface area contributed by atoms with E-state index in [0.29, 0.717) is 6.04 Å². The molecule has 3 nitrogen and oxygen atoms in total. The van der Waals surface area contributed by atoms with E-state index in [-0.39, 0.29) is 0 Å². The van der Waals surface area contributed by atoms with Crippen LogP contribution in [-0.4, -0.2) is 24.7 Å². The summed E-state index contributed by atoms with van der Waals surface area (Å²) in [5, 5.41) is 2.40. The maximum atomic E-state index is 5.59. The molecule has 1 unspecified atom stereocenters. The van der Waals surface area contributed by atoms with E-state index in [1.54, 1.807) is 0 Å². The SMILES string of the molecule is CCC(NN1CCCCC1)c1ccc2c(c1)CCO2. The van der Waals surface area contributed by atoms with Crippen LogP contribution in [0.2, 0.25) is 0 Å². The minimum absolute atomic E-state index is 0.434. The molecule has 3 rings (SSSR count). The van der Waals surface area contributed by atoms with Crippen LogP contribution in [0.1, 0.15) is 49.8 Å². The summed E-state index contributed by atoms with van der Waals surface area (Å²) in [5.74, 6) is 1.08. The van der Waals surface area contributed by atoms with Gasteiger partial charge < -0.3 is 4.74 Å². The monoisotopic (exact) mass is 260 g/mol. The number of hydrogen-bond acceptors (Lipinski definition) is 3. The zero-order valence-corrected chi connectivity index (χ0v) is 11.8. The van der Waals surface area contributed by atoms with E-state index in [9.17, 15) is 0 Å². The molecule has 104 valence electrons. The second kappa shape index (κ2) is 5.93. The molecule has 0 radical (unpaired) electrons. The van der Waals surface area contributed by atoms with Crippen LogP contribution in [-0.2, 0) is 6.42 Å². The topological polar surface area (TPSA) is 24.5 Å². The van der Waals surface area contributed by atoms with Gasteiger partial charge in [-0.05, 0) is 36.5 Å². The summed E-state index contributed by atoms with van der Waals surface area (Å²) in [6.45, 7) is 5.47. The van der Waals surface area contributed by atoms with Crippen molar-refractivity contribution in [2.75, 3.05) is 19.7 Å². The van der Waals surface area contributed by atoms with Gasteiger partial charge in [-0.25, -0.2) is 10.4 Å². The number of rotatable bonds is 4. The molecule has 0 spiro atoms. The Kier molecular flexibility index (Phi) is 4.04. The molecule has 1 aromatic rings. The molecule has 0 amide bonds. The van der Waals surface area contributed by atoms with Gasteiger partial charge in [0.05, 0.1) is 6.61 Å². The molecule has 0 aromatic heterocycles. The van der Waals surface area contributed by atoms with Crippen molar-refractivity contribution in [3.63, 3.8) is 0 Å². The largest absolute Gasteiger partial charge is 0.493 e. The number of ether oxygens (including phenoxy) is 1. The van der Waals surface area contributed by atoms with Gasteiger partial charge in [-0.2, -0.15) is 0 Å². The van der Waals surface area contributed by atoms with Crippen LogP contribution < -0.4 is 10.2 Å². The second-order valence-corrected chi connectivity index (χ2v) is 5.60. The fraction of sp³-hybridized carbons (Fsp3) is 0.625. The highest BCUT2D eigenvalue weighted by atomic mass is 16.5. The van der Waals surface area contributed by atoms with Crippen LogP contribution in [0.3, 0.4) is 0 Å². The number of nitrogens with zero attached hydrogens (tertiary/aromatic N) is 1. The summed E-state index contributed by atoms with van der Waals surface area (Å²) in [6.07, 6.45) is 6.20. The molecule has 2 aliphatic heterocycles. The molecule has 2 heterocycles. The molecule has 1 atom stereocenters. The van der Waals surface area contributed by atoms with Crippen molar-refractivity contribution in [2.45, 2.75) is 45.1 Å². The van der Waals surface area contributed by atoms with Gasteiger partial charge in [0.25, 0.3) is 0 Å². The second-order valence-electron chi connectivity index (χ2n) is 5.60. The van der Waals surface area contributed by atoms with Gasteiger partial charge in [0, 0.05) is 25.6 Å². The Morgan fingerprint density at radius 2 is 2.11 bits per heavy atom. The smallest absolute Gasteiger partial charge is 0.122 e. The molecule has 1 saturated heterocycles. The number of hydrogen-bond donors (Lipinski definition) is 1. The first-order valence-electron chi connectivity index (χ1n) is 7.63. The predicted molar refractivity (Wildman–Crippen MR) is 77.2 cm³/mol. The Morgan fingerprint density at radius 1 is 1.26 bits per heavy atom. The van der Waals surface area contributed by atoms with Crippen molar-refractivity contribution in [2.24, 2.45) is 0 Å². The Bertz CT molecular complexity index is 427. The summed E-state index contributed by atoms with van der Waals surface area (Å²) < 4.78 is 5.59. The molecular formula is C16H24N2O. The highest BCUT2D eigenvalue weighted by Gasteiger charge is 2.18. The average Bonchev–Trinajstić information content (AvgIpc) is 2.93. The molecule has 19 heavy (non-hydrogen) atoms. The third kappa shape index (κ3) is 2.93. The normalized spacial score (nSPS) is 20.9. The van der Waals surface area contributed by atoms with Crippen LogP contribution in [0.25, 0.3) is 0 Å². The molecular weight excluding hydrogens is 236 g/mol. The lowest BCUT2D eigenvalue weighted by Crippen LogP contribution is -2.43. The number of piperidine rings is 1. The van der Waals surface area contributed by atoms with Gasteiger partial charge in [-0.1, -0.05) is 25.5 Å². The summed E-state index contributed by atoms with van der Waals surface area (Å²) in [5.41, 5.74) is 6.48. The minimum Gasteiger partial charge on any atom is -0.493 e. The van der Waals surface area contributed by atoms with Crippen LogP contribution >= 0.6 is 0 Å². The van der Waals surface area contributed by atoms with E-state index in [1.165, 1.54) is 43.5 Å². The van der Waals surface area contributed by atoms with Crippen molar-refractivity contribution in [3.05, 3.63) is 29.3 Å². The summed E-state index contributed by atoms with van der Waals surface area (Å²) in [7, 11) is 0. The van der Waals surface area contributed by atoms with E-state index in [4.69, 9.17) is 4.74 Å². The summed E-state index contributed by atoms with van der Waals surface area (Å²) >= 11 is 0. The standard InChI is InChI=1S/C16H24N2O/c1-2-15(17-18-9-4-3-5-10-18)13-6-7-16-14(12-13)8-11-19-16/h6-7,12,15,17H,2-5,8-11H2,1H3. The molecule has 1 fully saturated rings. The predicted octanol–water partition coefficient (Wildman–Crippen LogP) is 3.06.